The first-order valence-corrected chi connectivity index (χ1v) is 6.50. The van der Waals surface area contributed by atoms with Crippen LogP contribution in [0.25, 0.3) is 10.4 Å². The van der Waals surface area contributed by atoms with Gasteiger partial charge >= 0.3 is 0 Å². The minimum atomic E-state index is -0.874. The molecule has 0 aliphatic heterocycles. The van der Waals surface area contributed by atoms with Crippen LogP contribution in [0.4, 0.5) is 0 Å². The van der Waals surface area contributed by atoms with E-state index in [4.69, 9.17) is 17.1 Å². The molecule has 1 aromatic rings. The highest BCUT2D eigenvalue weighted by molar-refractivity contribution is 6.30. The normalized spacial score (nSPS) is 24.6. The first-order chi connectivity index (χ1) is 9.11. The number of aliphatic hydroxyl groups is 1. The fraction of sp³-hybridized carbons (Fsp3) is 0.462. The van der Waals surface area contributed by atoms with Gasteiger partial charge in [-0.1, -0.05) is 28.8 Å². The fourth-order valence-electron chi connectivity index (χ4n) is 2.41. The number of benzene rings is 1. The summed E-state index contributed by atoms with van der Waals surface area (Å²) in [5.41, 5.74) is 9.11. The van der Waals surface area contributed by atoms with Gasteiger partial charge in [-0.2, -0.15) is 0 Å². The number of aliphatic hydroxyl groups excluding tert-OH is 1. The standard InChI is InChI=1S/C13H14ClN3O2/c14-9-3-1-8(2-4-9)13(19)11-7-10(16-17-15)5-6-12(11)18/h1-4,10-11,13,19H,5-7H2/t10-,11+,13-/m0/s1. The molecule has 1 aromatic carbocycles. The minimum absolute atomic E-state index is 0.0202. The molecule has 6 heteroatoms. The molecular formula is C13H14ClN3O2. The number of ketones is 1. The molecule has 0 aromatic heterocycles. The third-order valence-electron chi connectivity index (χ3n) is 3.47. The van der Waals surface area contributed by atoms with Crippen molar-refractivity contribution in [1.82, 2.24) is 0 Å². The summed E-state index contributed by atoms with van der Waals surface area (Å²) < 4.78 is 0. The number of carbonyl (C=O) groups excluding carboxylic acids is 1. The van der Waals surface area contributed by atoms with Gasteiger partial charge in [0.1, 0.15) is 5.78 Å². The van der Waals surface area contributed by atoms with Crippen molar-refractivity contribution in [3.05, 3.63) is 45.3 Å². The van der Waals surface area contributed by atoms with Gasteiger partial charge < -0.3 is 5.11 Å². The molecule has 0 unspecified atom stereocenters. The van der Waals surface area contributed by atoms with E-state index in [2.05, 4.69) is 10.0 Å². The average molecular weight is 280 g/mol. The van der Waals surface area contributed by atoms with Crippen LogP contribution in [0.2, 0.25) is 5.02 Å². The van der Waals surface area contributed by atoms with E-state index in [1.54, 1.807) is 24.3 Å². The molecule has 0 saturated heterocycles. The van der Waals surface area contributed by atoms with Gasteiger partial charge in [0, 0.05) is 28.3 Å². The van der Waals surface area contributed by atoms with Crippen LogP contribution < -0.4 is 0 Å². The number of hydrogen-bond acceptors (Lipinski definition) is 3. The molecule has 5 nitrogen and oxygen atoms in total. The molecule has 0 bridgehead atoms. The molecule has 19 heavy (non-hydrogen) atoms. The van der Waals surface area contributed by atoms with Crippen molar-refractivity contribution in [3.63, 3.8) is 0 Å². The van der Waals surface area contributed by atoms with E-state index in [0.717, 1.165) is 0 Å². The van der Waals surface area contributed by atoms with Crippen LogP contribution in [0.3, 0.4) is 0 Å². The predicted octanol–water partition coefficient (Wildman–Crippen LogP) is 3.42. The van der Waals surface area contributed by atoms with Crippen LogP contribution in [-0.4, -0.2) is 16.9 Å². The van der Waals surface area contributed by atoms with Crippen molar-refractivity contribution in [2.75, 3.05) is 0 Å². The Kier molecular flexibility index (Phi) is 4.43. The number of halogens is 1. The van der Waals surface area contributed by atoms with Crippen LogP contribution >= 0.6 is 11.6 Å². The van der Waals surface area contributed by atoms with Gasteiger partial charge in [0.05, 0.1) is 6.10 Å². The second-order valence-corrected chi connectivity index (χ2v) is 5.14. The first-order valence-electron chi connectivity index (χ1n) is 6.12. The number of nitrogens with zero attached hydrogens (tertiary/aromatic N) is 3. The second-order valence-electron chi connectivity index (χ2n) is 4.70. The summed E-state index contributed by atoms with van der Waals surface area (Å²) in [6.07, 6.45) is 0.430. The van der Waals surface area contributed by atoms with E-state index in [1.165, 1.54) is 0 Å². The largest absolute Gasteiger partial charge is 0.388 e. The molecule has 1 aliphatic rings. The molecular weight excluding hydrogens is 266 g/mol. The zero-order chi connectivity index (χ0) is 13.8. The summed E-state index contributed by atoms with van der Waals surface area (Å²) >= 11 is 5.79. The van der Waals surface area contributed by atoms with Crippen LogP contribution in [0.5, 0.6) is 0 Å². The van der Waals surface area contributed by atoms with Crippen molar-refractivity contribution < 1.29 is 9.90 Å². The molecule has 0 spiro atoms. The van der Waals surface area contributed by atoms with Crippen molar-refractivity contribution in [1.29, 1.82) is 0 Å². The molecule has 1 fully saturated rings. The third-order valence-corrected chi connectivity index (χ3v) is 3.72. The van der Waals surface area contributed by atoms with Crippen LogP contribution in [-0.2, 0) is 4.79 Å². The lowest BCUT2D eigenvalue weighted by Crippen LogP contribution is -2.31. The van der Waals surface area contributed by atoms with Gasteiger partial charge in [0.25, 0.3) is 0 Å². The van der Waals surface area contributed by atoms with E-state index in [9.17, 15) is 9.90 Å². The van der Waals surface area contributed by atoms with Crippen molar-refractivity contribution in [3.8, 4) is 0 Å². The summed E-state index contributed by atoms with van der Waals surface area (Å²) in [6.45, 7) is 0. The first kappa shape index (κ1) is 13.9. The van der Waals surface area contributed by atoms with E-state index in [-0.39, 0.29) is 11.8 Å². The summed E-state index contributed by atoms with van der Waals surface area (Å²) in [5, 5.41) is 14.5. The Balaban J connectivity index is 2.16. The summed E-state index contributed by atoms with van der Waals surface area (Å²) in [5.74, 6) is -0.489. The SMILES string of the molecule is [N-]=[N+]=N[C@H]1CCC(=O)[C@H]([C@@H](O)c2ccc(Cl)cc2)C1. The van der Waals surface area contributed by atoms with Crippen LogP contribution in [0.1, 0.15) is 30.9 Å². The number of rotatable bonds is 3. The van der Waals surface area contributed by atoms with E-state index >= 15 is 0 Å². The van der Waals surface area contributed by atoms with Crippen molar-refractivity contribution in [2.45, 2.75) is 31.4 Å². The summed E-state index contributed by atoms with van der Waals surface area (Å²) in [4.78, 5) is 14.7. The number of carbonyl (C=O) groups is 1. The highest BCUT2D eigenvalue weighted by Gasteiger charge is 2.34. The molecule has 1 aliphatic carbocycles. The number of hydrogen-bond donors (Lipinski definition) is 1. The van der Waals surface area contributed by atoms with E-state index < -0.39 is 12.0 Å². The van der Waals surface area contributed by atoms with Gasteiger partial charge in [-0.15, -0.1) is 0 Å². The maximum atomic E-state index is 11.9. The molecule has 1 saturated carbocycles. The Labute approximate surface area is 115 Å². The average Bonchev–Trinajstić information content (AvgIpc) is 2.41. The molecule has 3 atom stereocenters. The molecule has 0 radical (unpaired) electrons. The molecule has 2 rings (SSSR count). The molecule has 0 amide bonds. The Bertz CT molecular complexity index is 511. The fourth-order valence-corrected chi connectivity index (χ4v) is 2.54. The zero-order valence-electron chi connectivity index (χ0n) is 10.2. The lowest BCUT2D eigenvalue weighted by molar-refractivity contribution is -0.129. The van der Waals surface area contributed by atoms with E-state index in [1.807, 2.05) is 0 Å². The van der Waals surface area contributed by atoms with E-state index in [0.29, 0.717) is 29.8 Å². The van der Waals surface area contributed by atoms with Gasteiger partial charge in [0.15, 0.2) is 0 Å². The monoisotopic (exact) mass is 279 g/mol. The Hall–Kier alpha value is -1.55. The summed E-state index contributed by atoms with van der Waals surface area (Å²) in [6, 6.07) is 6.56. The van der Waals surface area contributed by atoms with Crippen LogP contribution in [0, 0.1) is 5.92 Å². The molecule has 0 heterocycles. The van der Waals surface area contributed by atoms with Crippen LogP contribution in [0.15, 0.2) is 29.4 Å². The number of Topliss-reactive ketones (excluding diaryl/α,β-unsaturated/α-hetero) is 1. The lowest BCUT2D eigenvalue weighted by Gasteiger charge is -2.29. The maximum absolute atomic E-state index is 11.9. The highest BCUT2D eigenvalue weighted by Crippen LogP contribution is 2.33. The Morgan fingerprint density at radius 3 is 2.74 bits per heavy atom. The number of azide groups is 1. The second kappa shape index (κ2) is 6.06. The Morgan fingerprint density at radius 1 is 1.42 bits per heavy atom. The third kappa shape index (κ3) is 3.26. The smallest absolute Gasteiger partial charge is 0.138 e. The topological polar surface area (TPSA) is 86.1 Å². The summed E-state index contributed by atoms with van der Waals surface area (Å²) in [7, 11) is 0. The highest BCUT2D eigenvalue weighted by atomic mass is 35.5. The Morgan fingerprint density at radius 2 is 2.11 bits per heavy atom. The molecule has 1 N–H and O–H groups in total. The predicted molar refractivity (Wildman–Crippen MR) is 71.7 cm³/mol. The quantitative estimate of drug-likeness (QED) is 0.522. The van der Waals surface area contributed by atoms with Crippen molar-refractivity contribution in [2.24, 2.45) is 11.0 Å². The van der Waals surface area contributed by atoms with Gasteiger partial charge in [-0.25, -0.2) is 0 Å². The lowest BCUT2D eigenvalue weighted by atomic mass is 9.79. The maximum Gasteiger partial charge on any atom is 0.138 e. The van der Waals surface area contributed by atoms with Gasteiger partial charge in [0.2, 0.25) is 0 Å². The van der Waals surface area contributed by atoms with Gasteiger partial charge in [-0.05, 0) is 36.1 Å². The molecule has 100 valence electrons. The minimum Gasteiger partial charge on any atom is -0.388 e. The zero-order valence-corrected chi connectivity index (χ0v) is 11.0. The van der Waals surface area contributed by atoms with Gasteiger partial charge in [-0.3, -0.25) is 4.79 Å². The van der Waals surface area contributed by atoms with Crippen molar-refractivity contribution >= 4 is 17.4 Å².